The summed E-state index contributed by atoms with van der Waals surface area (Å²) in [7, 11) is 0. The SMILES string of the molecule is CC(=O)Oc1c(C)nc2c(cnn2Cc2ccccc2)c1C. The highest BCUT2D eigenvalue weighted by atomic mass is 16.5. The second-order valence-corrected chi connectivity index (χ2v) is 5.27. The van der Waals surface area contributed by atoms with Gasteiger partial charge in [0.1, 0.15) is 0 Å². The standard InChI is InChI=1S/C17H17N3O2/c1-11-15-9-18-20(10-14-7-5-4-6-8-14)17(15)19-12(2)16(11)22-13(3)21/h4-9H,10H2,1-3H3. The normalized spacial score (nSPS) is 10.9. The number of nitrogens with zero attached hydrogens (tertiary/aromatic N) is 3. The number of aryl methyl sites for hydroxylation is 2. The molecule has 2 heterocycles. The van der Waals surface area contributed by atoms with Crippen LogP contribution in [0.2, 0.25) is 0 Å². The summed E-state index contributed by atoms with van der Waals surface area (Å²) in [5.74, 6) is 0.184. The lowest BCUT2D eigenvalue weighted by atomic mass is 10.1. The lowest BCUT2D eigenvalue weighted by Crippen LogP contribution is -2.07. The summed E-state index contributed by atoms with van der Waals surface area (Å²) in [6, 6.07) is 10.1. The van der Waals surface area contributed by atoms with Gasteiger partial charge in [0.05, 0.1) is 18.4 Å². The largest absolute Gasteiger partial charge is 0.424 e. The van der Waals surface area contributed by atoms with Gasteiger partial charge < -0.3 is 4.74 Å². The number of carbonyl (C=O) groups is 1. The van der Waals surface area contributed by atoms with E-state index in [0.717, 1.165) is 22.2 Å². The Morgan fingerprint density at radius 3 is 2.64 bits per heavy atom. The van der Waals surface area contributed by atoms with Crippen LogP contribution in [-0.2, 0) is 11.3 Å². The summed E-state index contributed by atoms with van der Waals surface area (Å²) in [6.45, 7) is 5.80. The van der Waals surface area contributed by atoms with Crippen LogP contribution in [0.25, 0.3) is 11.0 Å². The van der Waals surface area contributed by atoms with Crippen molar-refractivity contribution in [2.24, 2.45) is 0 Å². The maximum Gasteiger partial charge on any atom is 0.308 e. The second-order valence-electron chi connectivity index (χ2n) is 5.27. The van der Waals surface area contributed by atoms with Crippen molar-refractivity contribution < 1.29 is 9.53 Å². The average Bonchev–Trinajstić information content (AvgIpc) is 2.87. The first-order valence-corrected chi connectivity index (χ1v) is 7.11. The van der Waals surface area contributed by atoms with E-state index in [0.29, 0.717) is 18.0 Å². The third-order valence-corrected chi connectivity index (χ3v) is 3.58. The van der Waals surface area contributed by atoms with Crippen molar-refractivity contribution in [3.63, 3.8) is 0 Å². The van der Waals surface area contributed by atoms with Gasteiger partial charge in [-0.25, -0.2) is 9.67 Å². The van der Waals surface area contributed by atoms with Crippen molar-refractivity contribution in [1.29, 1.82) is 0 Å². The number of hydrogen-bond donors (Lipinski definition) is 0. The number of pyridine rings is 1. The number of ether oxygens (including phenoxy) is 1. The van der Waals surface area contributed by atoms with E-state index >= 15 is 0 Å². The van der Waals surface area contributed by atoms with Crippen molar-refractivity contribution >= 4 is 17.0 Å². The molecule has 3 aromatic rings. The Bertz CT molecular complexity index is 838. The second kappa shape index (κ2) is 5.60. The Kier molecular flexibility index (Phi) is 3.63. The van der Waals surface area contributed by atoms with Gasteiger partial charge in [-0.3, -0.25) is 4.79 Å². The number of carbonyl (C=O) groups excluding carboxylic acids is 1. The Balaban J connectivity index is 2.06. The molecular formula is C17H17N3O2. The van der Waals surface area contributed by atoms with Gasteiger partial charge in [-0.05, 0) is 19.4 Å². The van der Waals surface area contributed by atoms with Crippen molar-refractivity contribution in [1.82, 2.24) is 14.8 Å². The molecule has 0 aliphatic heterocycles. The molecule has 0 bridgehead atoms. The summed E-state index contributed by atoms with van der Waals surface area (Å²) in [4.78, 5) is 15.8. The number of esters is 1. The molecule has 0 N–H and O–H groups in total. The number of fused-ring (bicyclic) bond motifs is 1. The molecule has 0 amide bonds. The zero-order chi connectivity index (χ0) is 15.7. The van der Waals surface area contributed by atoms with Crippen LogP contribution in [0.4, 0.5) is 0 Å². The number of benzene rings is 1. The number of aromatic nitrogens is 3. The summed E-state index contributed by atoms with van der Waals surface area (Å²) in [5, 5.41) is 5.33. The van der Waals surface area contributed by atoms with Crippen LogP contribution >= 0.6 is 0 Å². The molecule has 0 saturated carbocycles. The highest BCUT2D eigenvalue weighted by Gasteiger charge is 2.16. The molecule has 3 rings (SSSR count). The van der Waals surface area contributed by atoms with E-state index in [9.17, 15) is 4.79 Å². The van der Waals surface area contributed by atoms with Crippen LogP contribution in [0.15, 0.2) is 36.5 Å². The van der Waals surface area contributed by atoms with E-state index in [1.165, 1.54) is 6.92 Å². The molecule has 5 heteroatoms. The minimum Gasteiger partial charge on any atom is -0.424 e. The summed E-state index contributed by atoms with van der Waals surface area (Å²) in [5.41, 5.74) is 3.54. The topological polar surface area (TPSA) is 57.0 Å². The molecule has 0 aliphatic rings. The van der Waals surface area contributed by atoms with Gasteiger partial charge >= 0.3 is 5.97 Å². The van der Waals surface area contributed by atoms with Gasteiger partial charge in [-0.2, -0.15) is 5.10 Å². The van der Waals surface area contributed by atoms with Crippen molar-refractivity contribution in [3.05, 3.63) is 53.3 Å². The highest BCUT2D eigenvalue weighted by molar-refractivity contribution is 5.83. The van der Waals surface area contributed by atoms with E-state index in [1.54, 1.807) is 6.20 Å². The minimum absolute atomic E-state index is 0.343. The molecule has 0 fully saturated rings. The molecule has 2 aromatic heterocycles. The molecule has 0 radical (unpaired) electrons. The average molecular weight is 295 g/mol. The smallest absolute Gasteiger partial charge is 0.308 e. The molecule has 0 saturated heterocycles. The van der Waals surface area contributed by atoms with Crippen LogP contribution in [0.5, 0.6) is 5.75 Å². The fourth-order valence-electron chi connectivity index (χ4n) is 2.53. The first-order valence-electron chi connectivity index (χ1n) is 7.11. The van der Waals surface area contributed by atoms with Crippen LogP contribution in [-0.4, -0.2) is 20.7 Å². The molecule has 0 unspecified atom stereocenters. The summed E-state index contributed by atoms with van der Waals surface area (Å²) >= 11 is 0. The lowest BCUT2D eigenvalue weighted by molar-refractivity contribution is -0.132. The predicted octanol–water partition coefficient (Wildman–Crippen LogP) is 3.02. The van der Waals surface area contributed by atoms with Crippen LogP contribution in [0, 0.1) is 13.8 Å². The predicted molar refractivity (Wildman–Crippen MR) is 83.9 cm³/mol. The van der Waals surface area contributed by atoms with Crippen LogP contribution < -0.4 is 4.74 Å². The monoisotopic (exact) mass is 295 g/mol. The Hall–Kier alpha value is -2.69. The quantitative estimate of drug-likeness (QED) is 0.697. The maximum absolute atomic E-state index is 11.2. The van der Waals surface area contributed by atoms with Gasteiger partial charge in [-0.15, -0.1) is 0 Å². The van der Waals surface area contributed by atoms with Gasteiger partial charge in [0.25, 0.3) is 0 Å². The van der Waals surface area contributed by atoms with Crippen LogP contribution in [0.3, 0.4) is 0 Å². The zero-order valence-corrected chi connectivity index (χ0v) is 12.8. The van der Waals surface area contributed by atoms with E-state index in [-0.39, 0.29) is 5.97 Å². The molecule has 1 aromatic carbocycles. The van der Waals surface area contributed by atoms with Gasteiger partial charge in [0, 0.05) is 17.9 Å². The lowest BCUT2D eigenvalue weighted by Gasteiger charge is -2.10. The molecule has 0 atom stereocenters. The van der Waals surface area contributed by atoms with Crippen molar-refractivity contribution in [3.8, 4) is 5.75 Å². The van der Waals surface area contributed by atoms with Gasteiger partial charge in [0.15, 0.2) is 11.4 Å². The van der Waals surface area contributed by atoms with E-state index in [2.05, 4.69) is 22.2 Å². The molecule has 22 heavy (non-hydrogen) atoms. The summed E-state index contributed by atoms with van der Waals surface area (Å²) < 4.78 is 7.14. The van der Waals surface area contributed by atoms with Gasteiger partial charge in [-0.1, -0.05) is 30.3 Å². The Labute approximate surface area is 128 Å². The van der Waals surface area contributed by atoms with E-state index < -0.39 is 0 Å². The molecule has 112 valence electrons. The molecular weight excluding hydrogens is 278 g/mol. The van der Waals surface area contributed by atoms with Gasteiger partial charge in [0.2, 0.25) is 0 Å². The highest BCUT2D eigenvalue weighted by Crippen LogP contribution is 2.29. The Morgan fingerprint density at radius 1 is 1.23 bits per heavy atom. The van der Waals surface area contributed by atoms with E-state index in [1.807, 2.05) is 36.7 Å². The van der Waals surface area contributed by atoms with Crippen molar-refractivity contribution in [2.45, 2.75) is 27.3 Å². The first-order chi connectivity index (χ1) is 10.6. The van der Waals surface area contributed by atoms with Crippen LogP contribution in [0.1, 0.15) is 23.7 Å². The fraction of sp³-hybridized carbons (Fsp3) is 0.235. The molecule has 5 nitrogen and oxygen atoms in total. The third kappa shape index (κ3) is 2.57. The maximum atomic E-state index is 11.2. The molecule has 0 spiro atoms. The number of hydrogen-bond acceptors (Lipinski definition) is 4. The van der Waals surface area contributed by atoms with E-state index in [4.69, 9.17) is 4.74 Å². The third-order valence-electron chi connectivity index (χ3n) is 3.58. The fourth-order valence-corrected chi connectivity index (χ4v) is 2.53. The first kappa shape index (κ1) is 14.3. The Morgan fingerprint density at radius 2 is 1.95 bits per heavy atom. The summed E-state index contributed by atoms with van der Waals surface area (Å²) in [6.07, 6.45) is 1.77. The minimum atomic E-state index is -0.343. The molecule has 0 aliphatic carbocycles. The van der Waals surface area contributed by atoms with Crippen molar-refractivity contribution in [2.75, 3.05) is 0 Å². The number of rotatable bonds is 3. The zero-order valence-electron chi connectivity index (χ0n) is 12.8.